The second-order valence-electron chi connectivity index (χ2n) is 5.79. The molecule has 0 saturated carbocycles. The van der Waals surface area contributed by atoms with Crippen LogP contribution < -0.4 is 21.7 Å². The van der Waals surface area contributed by atoms with Crippen LogP contribution >= 0.6 is 12.6 Å². The Morgan fingerprint density at radius 1 is 1.04 bits per heavy atom. The molecule has 0 aliphatic rings. The summed E-state index contributed by atoms with van der Waals surface area (Å²) in [5, 5.41) is 24.3. The highest BCUT2D eigenvalue weighted by atomic mass is 32.1. The van der Waals surface area contributed by atoms with E-state index in [2.05, 4.69) is 28.6 Å². The average Bonchev–Trinajstić information content (AvgIpc) is 2.53. The van der Waals surface area contributed by atoms with Crippen molar-refractivity contribution in [3.63, 3.8) is 0 Å². The van der Waals surface area contributed by atoms with Crippen molar-refractivity contribution in [3.8, 4) is 0 Å². The minimum atomic E-state index is -1.34. The standard InChI is InChI=1S/C14H24N4O7S/c1-6(2)11(14(24)25)18-9(19)4-16-13(23)8(5-26)17-12(22)7(15)3-10(20)21/h6-8,11,26H,3-5,15H2,1-2H3,(H,16,23)(H,17,22)(H,18,19)(H,20,21)(H,24,25). The first kappa shape index (κ1) is 23.7. The number of carboxylic acids is 2. The van der Waals surface area contributed by atoms with Crippen molar-refractivity contribution in [2.24, 2.45) is 11.7 Å². The smallest absolute Gasteiger partial charge is 0.326 e. The Kier molecular flexibility index (Phi) is 10.3. The minimum absolute atomic E-state index is 0.122. The van der Waals surface area contributed by atoms with Crippen molar-refractivity contribution in [1.29, 1.82) is 0 Å². The minimum Gasteiger partial charge on any atom is -0.481 e. The molecule has 11 nitrogen and oxygen atoms in total. The van der Waals surface area contributed by atoms with E-state index in [1.165, 1.54) is 0 Å². The molecule has 0 heterocycles. The first-order valence-electron chi connectivity index (χ1n) is 7.68. The summed E-state index contributed by atoms with van der Waals surface area (Å²) in [6.07, 6.45) is -0.610. The zero-order chi connectivity index (χ0) is 20.4. The van der Waals surface area contributed by atoms with Crippen LogP contribution in [0.15, 0.2) is 0 Å². The number of aliphatic carboxylic acids is 2. The number of thiol groups is 1. The molecule has 3 unspecified atom stereocenters. The number of amides is 3. The Bertz CT molecular complexity index is 555. The first-order valence-corrected chi connectivity index (χ1v) is 8.31. The fourth-order valence-corrected chi connectivity index (χ4v) is 2.04. The SMILES string of the molecule is CC(C)C(NC(=O)CNC(=O)C(CS)NC(=O)C(N)CC(=O)O)C(=O)O. The average molecular weight is 392 g/mol. The molecule has 0 spiro atoms. The molecule has 3 atom stereocenters. The van der Waals surface area contributed by atoms with E-state index in [-0.39, 0.29) is 11.7 Å². The summed E-state index contributed by atoms with van der Waals surface area (Å²) in [7, 11) is 0. The van der Waals surface area contributed by atoms with Gasteiger partial charge >= 0.3 is 11.9 Å². The summed E-state index contributed by atoms with van der Waals surface area (Å²) in [6.45, 7) is 2.73. The van der Waals surface area contributed by atoms with Gasteiger partial charge in [-0.05, 0) is 5.92 Å². The molecule has 3 amide bonds. The fraction of sp³-hybridized carbons (Fsp3) is 0.643. The summed E-state index contributed by atoms with van der Waals surface area (Å²) < 4.78 is 0. The van der Waals surface area contributed by atoms with Gasteiger partial charge in [-0.15, -0.1) is 0 Å². The van der Waals surface area contributed by atoms with Crippen LogP contribution in [0.25, 0.3) is 0 Å². The molecule has 7 N–H and O–H groups in total. The molecule has 0 bridgehead atoms. The highest BCUT2D eigenvalue weighted by Crippen LogP contribution is 2.01. The number of carbonyl (C=O) groups is 5. The van der Waals surface area contributed by atoms with Crippen LogP contribution in [0.2, 0.25) is 0 Å². The van der Waals surface area contributed by atoms with Crippen LogP contribution in [-0.2, 0) is 24.0 Å². The number of nitrogens with two attached hydrogens (primary N) is 1. The molecule has 0 aromatic heterocycles. The molecule has 0 rings (SSSR count). The van der Waals surface area contributed by atoms with Gasteiger partial charge in [-0.1, -0.05) is 13.8 Å². The van der Waals surface area contributed by atoms with Crippen molar-refractivity contribution < 1.29 is 34.2 Å². The van der Waals surface area contributed by atoms with E-state index < -0.39 is 60.8 Å². The van der Waals surface area contributed by atoms with Gasteiger partial charge in [0.2, 0.25) is 17.7 Å². The van der Waals surface area contributed by atoms with Gasteiger partial charge in [-0.2, -0.15) is 12.6 Å². The van der Waals surface area contributed by atoms with Crippen molar-refractivity contribution >= 4 is 42.3 Å². The van der Waals surface area contributed by atoms with E-state index in [4.69, 9.17) is 15.9 Å². The van der Waals surface area contributed by atoms with Gasteiger partial charge in [0, 0.05) is 5.75 Å². The second-order valence-corrected chi connectivity index (χ2v) is 6.16. The lowest BCUT2D eigenvalue weighted by Crippen LogP contribution is -2.54. The van der Waals surface area contributed by atoms with Crippen molar-refractivity contribution in [1.82, 2.24) is 16.0 Å². The third kappa shape index (κ3) is 8.67. The summed E-state index contributed by atoms with van der Waals surface area (Å²) in [4.78, 5) is 57.0. The van der Waals surface area contributed by atoms with Crippen LogP contribution in [0, 0.1) is 5.92 Å². The molecule has 0 aromatic carbocycles. The number of hydrogen-bond donors (Lipinski definition) is 7. The lowest BCUT2D eigenvalue weighted by Gasteiger charge is -2.20. The zero-order valence-corrected chi connectivity index (χ0v) is 15.3. The first-order chi connectivity index (χ1) is 12.0. The molecule has 0 aliphatic heterocycles. The maximum atomic E-state index is 12.0. The number of hydrogen-bond acceptors (Lipinski definition) is 7. The molecule has 0 fully saturated rings. The van der Waals surface area contributed by atoms with Gasteiger partial charge in [0.15, 0.2) is 0 Å². The lowest BCUT2D eigenvalue weighted by atomic mass is 10.1. The summed E-state index contributed by atoms with van der Waals surface area (Å²) in [5.41, 5.74) is 5.39. The molecule has 12 heteroatoms. The summed E-state index contributed by atoms with van der Waals surface area (Å²) in [5.74, 6) is -5.26. The second kappa shape index (κ2) is 11.3. The van der Waals surface area contributed by atoms with Gasteiger partial charge in [0.05, 0.1) is 19.0 Å². The van der Waals surface area contributed by atoms with Crippen molar-refractivity contribution in [2.75, 3.05) is 12.3 Å². The molecular formula is C14H24N4O7S. The van der Waals surface area contributed by atoms with Crippen molar-refractivity contribution in [2.45, 2.75) is 38.4 Å². The van der Waals surface area contributed by atoms with E-state index in [0.717, 1.165) is 0 Å². The van der Waals surface area contributed by atoms with Crippen LogP contribution in [0.1, 0.15) is 20.3 Å². The topological polar surface area (TPSA) is 188 Å². The van der Waals surface area contributed by atoms with Crippen LogP contribution in [-0.4, -0.2) is 70.3 Å². The van der Waals surface area contributed by atoms with E-state index in [0.29, 0.717) is 0 Å². The highest BCUT2D eigenvalue weighted by Gasteiger charge is 2.26. The van der Waals surface area contributed by atoms with Gasteiger partial charge in [-0.3, -0.25) is 19.2 Å². The predicted octanol–water partition coefficient (Wildman–Crippen LogP) is -2.46. The molecule has 0 aromatic rings. The molecule has 26 heavy (non-hydrogen) atoms. The third-order valence-corrected chi connectivity index (χ3v) is 3.58. The largest absolute Gasteiger partial charge is 0.481 e. The summed E-state index contributed by atoms with van der Waals surface area (Å²) in [6, 6.07) is -3.58. The van der Waals surface area contributed by atoms with Gasteiger partial charge < -0.3 is 31.9 Å². The van der Waals surface area contributed by atoms with Crippen LogP contribution in [0.4, 0.5) is 0 Å². The van der Waals surface area contributed by atoms with Gasteiger partial charge in [-0.25, -0.2) is 4.79 Å². The maximum Gasteiger partial charge on any atom is 0.326 e. The fourth-order valence-electron chi connectivity index (χ4n) is 1.78. The lowest BCUT2D eigenvalue weighted by molar-refractivity contribution is -0.143. The van der Waals surface area contributed by atoms with E-state index in [1.807, 2.05) is 0 Å². The number of carboxylic acid groups (broad SMARTS) is 2. The monoisotopic (exact) mass is 392 g/mol. The van der Waals surface area contributed by atoms with Crippen LogP contribution in [0.3, 0.4) is 0 Å². The Balaban J connectivity index is 4.58. The Hall–Kier alpha value is -2.34. The molecule has 0 saturated heterocycles. The van der Waals surface area contributed by atoms with Gasteiger partial charge in [0.1, 0.15) is 12.1 Å². The number of rotatable bonds is 11. The van der Waals surface area contributed by atoms with E-state index >= 15 is 0 Å². The van der Waals surface area contributed by atoms with Gasteiger partial charge in [0.25, 0.3) is 0 Å². The molecule has 0 aliphatic carbocycles. The molecule has 148 valence electrons. The summed E-state index contributed by atoms with van der Waals surface area (Å²) >= 11 is 3.91. The number of carbonyl (C=O) groups excluding carboxylic acids is 3. The normalized spacial score (nSPS) is 14.0. The van der Waals surface area contributed by atoms with E-state index in [9.17, 15) is 24.0 Å². The number of nitrogens with one attached hydrogen (secondary N) is 3. The highest BCUT2D eigenvalue weighted by molar-refractivity contribution is 7.80. The predicted molar refractivity (Wildman–Crippen MR) is 93.4 cm³/mol. The van der Waals surface area contributed by atoms with Crippen LogP contribution in [0.5, 0.6) is 0 Å². The Labute approximate surface area is 155 Å². The maximum absolute atomic E-state index is 12.0. The zero-order valence-electron chi connectivity index (χ0n) is 14.4. The quantitative estimate of drug-likeness (QED) is 0.189. The Morgan fingerprint density at radius 3 is 2.04 bits per heavy atom. The third-order valence-electron chi connectivity index (χ3n) is 3.22. The Morgan fingerprint density at radius 2 is 1.62 bits per heavy atom. The van der Waals surface area contributed by atoms with Crippen molar-refractivity contribution in [3.05, 3.63) is 0 Å². The molecule has 0 radical (unpaired) electrons. The molecular weight excluding hydrogens is 368 g/mol. The van der Waals surface area contributed by atoms with E-state index in [1.54, 1.807) is 13.8 Å².